The molecule has 0 rings (SSSR count). The van der Waals surface area contributed by atoms with Crippen molar-refractivity contribution in [1.82, 2.24) is 5.39 Å². The molecule has 7 nitrogen and oxygen atoms in total. The van der Waals surface area contributed by atoms with Gasteiger partial charge < -0.3 is 14.2 Å². The van der Waals surface area contributed by atoms with Crippen molar-refractivity contribution in [3.05, 3.63) is 0 Å². The van der Waals surface area contributed by atoms with E-state index in [9.17, 15) is 0 Å². The van der Waals surface area contributed by atoms with Crippen molar-refractivity contribution >= 4 is 0 Å². The van der Waals surface area contributed by atoms with Crippen molar-refractivity contribution in [3.8, 4) is 0 Å². The molecule has 0 aromatic heterocycles. The Hall–Kier alpha value is -0.280. The van der Waals surface area contributed by atoms with E-state index in [0.717, 1.165) is 63.7 Å². The first-order valence-corrected chi connectivity index (χ1v) is 8.00. The van der Waals surface area contributed by atoms with E-state index in [1.54, 1.807) is 21.3 Å². The van der Waals surface area contributed by atoms with Crippen molar-refractivity contribution in [1.29, 1.82) is 0 Å². The summed E-state index contributed by atoms with van der Waals surface area (Å²) in [7, 11) is 5.08. The van der Waals surface area contributed by atoms with Crippen LogP contribution >= 0.6 is 0 Å². The van der Waals surface area contributed by atoms with Gasteiger partial charge in [0.2, 0.25) is 0 Å². The number of hydrogen-bond acceptors (Lipinski definition) is 7. The maximum absolute atomic E-state index is 5.47. The van der Waals surface area contributed by atoms with Crippen LogP contribution in [0.3, 0.4) is 0 Å². The van der Waals surface area contributed by atoms with Gasteiger partial charge >= 0.3 is 0 Å². The fourth-order valence-electron chi connectivity index (χ4n) is 1.57. The van der Waals surface area contributed by atoms with Gasteiger partial charge in [0.05, 0.1) is 25.2 Å². The van der Waals surface area contributed by atoms with Crippen LogP contribution in [0.4, 0.5) is 0 Å². The summed E-state index contributed by atoms with van der Waals surface area (Å²) in [6.45, 7) is 3.83. The molecule has 0 aliphatic rings. The second kappa shape index (κ2) is 18.8. The molecule has 0 saturated heterocycles. The van der Waals surface area contributed by atoms with Crippen molar-refractivity contribution < 1.29 is 28.7 Å². The van der Waals surface area contributed by atoms with E-state index in [4.69, 9.17) is 28.7 Å². The molecule has 22 heavy (non-hydrogen) atoms. The molecule has 0 atom stereocenters. The van der Waals surface area contributed by atoms with E-state index in [-0.39, 0.29) is 0 Å². The van der Waals surface area contributed by atoms with Gasteiger partial charge in [-0.1, -0.05) is 0 Å². The van der Waals surface area contributed by atoms with Crippen LogP contribution in [0.2, 0.25) is 0 Å². The summed E-state index contributed by atoms with van der Waals surface area (Å²) in [5.74, 6) is 0. The summed E-state index contributed by atoms with van der Waals surface area (Å²) < 4.78 is 15.0. The zero-order chi connectivity index (χ0) is 16.3. The van der Waals surface area contributed by atoms with Gasteiger partial charge in [-0.2, -0.15) is 0 Å². The molecule has 0 bridgehead atoms. The number of nitrogens with zero attached hydrogens (tertiary/aromatic N) is 1. The molecule has 0 radical (unpaired) electrons. The molecule has 0 spiro atoms. The van der Waals surface area contributed by atoms with E-state index in [0.29, 0.717) is 19.8 Å². The second-order valence-electron chi connectivity index (χ2n) is 4.82. The predicted molar refractivity (Wildman–Crippen MR) is 83.0 cm³/mol. The lowest BCUT2D eigenvalue weighted by Crippen LogP contribution is -2.27. The maximum Gasteiger partial charge on any atom is 0.0766 e. The number of methoxy groups -OCH3 is 3. The predicted octanol–water partition coefficient (Wildman–Crippen LogP) is 2.36. The molecule has 0 aliphatic carbocycles. The summed E-state index contributed by atoms with van der Waals surface area (Å²) in [4.78, 5) is 16.4. The van der Waals surface area contributed by atoms with Gasteiger partial charge in [0.1, 0.15) is 0 Å². The minimum Gasteiger partial charge on any atom is -0.385 e. The molecule has 134 valence electrons. The van der Waals surface area contributed by atoms with Crippen LogP contribution in [0.1, 0.15) is 38.5 Å². The number of rotatable bonds is 18. The van der Waals surface area contributed by atoms with E-state index in [1.165, 1.54) is 0 Å². The summed E-state index contributed by atoms with van der Waals surface area (Å²) in [6, 6.07) is 0. The number of hydrogen-bond donors (Lipinski definition) is 0. The van der Waals surface area contributed by atoms with E-state index < -0.39 is 0 Å². The van der Waals surface area contributed by atoms with Crippen molar-refractivity contribution in [3.63, 3.8) is 0 Å². The topological polar surface area (TPSA) is 58.6 Å². The van der Waals surface area contributed by atoms with Crippen LogP contribution in [0.5, 0.6) is 0 Å². The lowest BCUT2D eigenvalue weighted by molar-refractivity contribution is -0.526. The quantitative estimate of drug-likeness (QED) is 0.283. The fourth-order valence-corrected chi connectivity index (χ4v) is 1.57. The SMILES string of the molecule is COCCCCON(OCCCCOC)OCCCCOC. The molecule has 0 aromatic rings. The average molecular weight is 323 g/mol. The highest BCUT2D eigenvalue weighted by molar-refractivity contribution is 4.37. The van der Waals surface area contributed by atoms with Gasteiger partial charge in [0, 0.05) is 41.2 Å². The van der Waals surface area contributed by atoms with Crippen LogP contribution in [0.15, 0.2) is 0 Å². The second-order valence-corrected chi connectivity index (χ2v) is 4.82. The zero-order valence-electron chi connectivity index (χ0n) is 14.4. The fraction of sp³-hybridized carbons (Fsp3) is 1.00. The van der Waals surface area contributed by atoms with Crippen molar-refractivity contribution in [2.24, 2.45) is 0 Å². The van der Waals surface area contributed by atoms with Gasteiger partial charge in [0.25, 0.3) is 0 Å². The molecule has 0 aliphatic heterocycles. The molecule has 0 saturated carbocycles. The Bertz CT molecular complexity index is 175. The molecule has 7 heteroatoms. The third-order valence-corrected chi connectivity index (χ3v) is 2.82. The summed E-state index contributed by atoms with van der Waals surface area (Å²) in [6.07, 6.45) is 5.53. The van der Waals surface area contributed by atoms with Gasteiger partial charge in [-0.05, 0) is 38.5 Å². The molecule has 0 heterocycles. The standard InChI is InChI=1S/C15H33NO6/c1-17-10-4-7-13-20-16(21-14-8-5-11-18-2)22-15-9-6-12-19-3/h4-15H2,1-3H3. The highest BCUT2D eigenvalue weighted by Crippen LogP contribution is 2.02. The Morgan fingerprint density at radius 1 is 0.455 bits per heavy atom. The Morgan fingerprint density at radius 2 is 0.727 bits per heavy atom. The van der Waals surface area contributed by atoms with Crippen LogP contribution in [-0.2, 0) is 28.7 Å². The molecule has 0 N–H and O–H groups in total. The van der Waals surface area contributed by atoms with E-state index in [1.807, 2.05) is 0 Å². The maximum atomic E-state index is 5.47. The van der Waals surface area contributed by atoms with Crippen molar-refractivity contribution in [2.45, 2.75) is 38.5 Å². The van der Waals surface area contributed by atoms with E-state index in [2.05, 4.69) is 0 Å². The van der Waals surface area contributed by atoms with Crippen LogP contribution in [-0.4, -0.2) is 66.4 Å². The van der Waals surface area contributed by atoms with Gasteiger partial charge in [-0.25, -0.2) is 0 Å². The van der Waals surface area contributed by atoms with Crippen LogP contribution in [0, 0.1) is 0 Å². The number of ether oxygens (including phenoxy) is 3. The van der Waals surface area contributed by atoms with Gasteiger partial charge in [-0.15, -0.1) is 0 Å². The summed E-state index contributed by atoms with van der Waals surface area (Å²) in [5.41, 5.74) is 0. The highest BCUT2D eigenvalue weighted by Gasteiger charge is 2.07. The zero-order valence-corrected chi connectivity index (χ0v) is 14.4. The average Bonchev–Trinajstić information content (AvgIpc) is 2.53. The van der Waals surface area contributed by atoms with Crippen LogP contribution < -0.4 is 0 Å². The third kappa shape index (κ3) is 16.1. The van der Waals surface area contributed by atoms with Gasteiger partial charge in [-0.3, -0.25) is 14.5 Å². The summed E-state index contributed by atoms with van der Waals surface area (Å²) in [5, 5.41) is 1.15. The largest absolute Gasteiger partial charge is 0.385 e. The molecule has 0 aromatic carbocycles. The Morgan fingerprint density at radius 3 is 1.00 bits per heavy atom. The highest BCUT2D eigenvalue weighted by atomic mass is 17.2. The smallest absolute Gasteiger partial charge is 0.0766 e. The normalized spacial score (nSPS) is 11.5. The molecular formula is C15H33NO6. The minimum absolute atomic E-state index is 0.541. The number of unbranched alkanes of at least 4 members (excludes halogenated alkanes) is 3. The molecular weight excluding hydrogens is 290 g/mol. The Balaban J connectivity index is 3.72. The first-order chi connectivity index (χ1) is 10.8. The van der Waals surface area contributed by atoms with Crippen molar-refractivity contribution in [2.75, 3.05) is 61.0 Å². The summed E-state index contributed by atoms with van der Waals surface area (Å²) >= 11 is 0. The third-order valence-electron chi connectivity index (χ3n) is 2.82. The van der Waals surface area contributed by atoms with Crippen LogP contribution in [0.25, 0.3) is 0 Å². The van der Waals surface area contributed by atoms with E-state index >= 15 is 0 Å². The molecule has 0 fully saturated rings. The monoisotopic (exact) mass is 323 g/mol. The minimum atomic E-state index is 0.541. The Kier molecular flexibility index (Phi) is 18.5. The molecule has 0 amide bonds. The molecule has 0 unspecified atom stereocenters. The lowest BCUT2D eigenvalue weighted by atomic mass is 10.3. The lowest BCUT2D eigenvalue weighted by Gasteiger charge is -2.19. The van der Waals surface area contributed by atoms with Gasteiger partial charge in [0.15, 0.2) is 0 Å². The Labute approximate surface area is 134 Å². The first-order valence-electron chi connectivity index (χ1n) is 8.00. The first kappa shape index (κ1) is 21.7.